The van der Waals surface area contributed by atoms with E-state index in [1.807, 2.05) is 0 Å². The van der Waals surface area contributed by atoms with Gasteiger partial charge in [-0.05, 0) is 26.0 Å². The Hall–Kier alpha value is -2.96. The first kappa shape index (κ1) is 15.4. The second-order valence-electron chi connectivity index (χ2n) is 4.45. The van der Waals surface area contributed by atoms with Gasteiger partial charge < -0.3 is 4.74 Å². The third-order valence-electron chi connectivity index (χ3n) is 2.95. The maximum Gasteiger partial charge on any atom is 0.333 e. The first-order valence-electron chi connectivity index (χ1n) is 6.67. The number of carbonyl (C=O) groups excluding carboxylic acids is 1. The maximum atomic E-state index is 11.7. The van der Waals surface area contributed by atoms with Gasteiger partial charge >= 0.3 is 5.97 Å². The Labute approximate surface area is 127 Å². The molecule has 1 heterocycles. The quantitative estimate of drug-likeness (QED) is 0.367. The van der Waals surface area contributed by atoms with Gasteiger partial charge in [0.15, 0.2) is 0 Å². The Bertz CT molecular complexity index is 734. The number of aromatic nitrogens is 2. The topological polar surface area (TPSA) is 87.3 Å². The molecule has 0 aliphatic carbocycles. The van der Waals surface area contributed by atoms with Gasteiger partial charge in [-0.15, -0.1) is 0 Å². The Morgan fingerprint density at radius 3 is 2.86 bits per heavy atom. The number of hydrogen-bond donors (Lipinski definition) is 0. The summed E-state index contributed by atoms with van der Waals surface area (Å²) in [6, 6.07) is 6.34. The van der Waals surface area contributed by atoms with Gasteiger partial charge in [0.2, 0.25) is 0 Å². The molecule has 0 unspecified atom stereocenters. The molecule has 0 N–H and O–H groups in total. The molecular weight excluding hydrogens is 286 g/mol. The molecule has 0 saturated carbocycles. The minimum Gasteiger partial charge on any atom is -0.463 e. The fourth-order valence-electron chi connectivity index (χ4n) is 1.95. The number of para-hydroxylation sites is 2. The number of rotatable bonds is 5. The molecule has 22 heavy (non-hydrogen) atoms. The van der Waals surface area contributed by atoms with Crippen LogP contribution in [0.5, 0.6) is 0 Å². The van der Waals surface area contributed by atoms with Crippen molar-refractivity contribution in [2.75, 3.05) is 6.61 Å². The van der Waals surface area contributed by atoms with Crippen molar-refractivity contribution >= 4 is 17.7 Å². The van der Waals surface area contributed by atoms with E-state index >= 15 is 0 Å². The van der Waals surface area contributed by atoms with Crippen molar-refractivity contribution in [3.05, 3.63) is 58.2 Å². The zero-order valence-corrected chi connectivity index (χ0v) is 12.2. The number of benzene rings is 1. The maximum absolute atomic E-state index is 11.7. The molecule has 2 aromatic rings. The van der Waals surface area contributed by atoms with E-state index in [9.17, 15) is 14.9 Å². The summed E-state index contributed by atoms with van der Waals surface area (Å²) in [5.74, 6) is -0.0283. The van der Waals surface area contributed by atoms with Gasteiger partial charge in [0, 0.05) is 24.0 Å². The van der Waals surface area contributed by atoms with Gasteiger partial charge in [-0.3, -0.25) is 14.7 Å². The first-order valence-corrected chi connectivity index (χ1v) is 6.67. The smallest absolute Gasteiger partial charge is 0.333 e. The lowest BCUT2D eigenvalue weighted by Crippen LogP contribution is -2.06. The van der Waals surface area contributed by atoms with Gasteiger partial charge in [-0.1, -0.05) is 12.1 Å². The number of carbonyl (C=O) groups is 1. The van der Waals surface area contributed by atoms with Crippen LogP contribution < -0.4 is 0 Å². The van der Waals surface area contributed by atoms with Gasteiger partial charge in [0.25, 0.3) is 5.69 Å². The third kappa shape index (κ3) is 3.20. The fourth-order valence-corrected chi connectivity index (χ4v) is 1.95. The van der Waals surface area contributed by atoms with Crippen molar-refractivity contribution in [2.24, 2.45) is 0 Å². The highest BCUT2D eigenvalue weighted by molar-refractivity contribution is 5.92. The minimum atomic E-state index is -0.457. The van der Waals surface area contributed by atoms with E-state index in [-0.39, 0.29) is 12.3 Å². The molecule has 2 rings (SSSR count). The number of nitrogens with zero attached hydrogens (tertiary/aromatic N) is 3. The van der Waals surface area contributed by atoms with Crippen molar-refractivity contribution in [3.63, 3.8) is 0 Å². The van der Waals surface area contributed by atoms with Crippen molar-refractivity contribution in [3.8, 4) is 5.69 Å². The molecule has 0 radical (unpaired) electrons. The molecule has 0 spiro atoms. The molecule has 7 heteroatoms. The van der Waals surface area contributed by atoms with Gasteiger partial charge in [-0.25, -0.2) is 9.78 Å². The Kier molecular flexibility index (Phi) is 4.67. The van der Waals surface area contributed by atoms with Crippen LogP contribution >= 0.6 is 0 Å². The van der Waals surface area contributed by atoms with Gasteiger partial charge in [-0.2, -0.15) is 0 Å². The van der Waals surface area contributed by atoms with E-state index in [2.05, 4.69) is 4.98 Å². The second kappa shape index (κ2) is 6.66. The summed E-state index contributed by atoms with van der Waals surface area (Å²) in [6.45, 7) is 3.61. The molecule has 0 atom stereocenters. The average molecular weight is 301 g/mol. The van der Waals surface area contributed by atoms with E-state index < -0.39 is 10.9 Å². The first-order chi connectivity index (χ1) is 10.5. The van der Waals surface area contributed by atoms with Crippen LogP contribution in [0.2, 0.25) is 0 Å². The normalized spacial score (nSPS) is 11.3. The Morgan fingerprint density at radius 2 is 2.18 bits per heavy atom. The van der Waals surface area contributed by atoms with Crippen LogP contribution in [0.4, 0.5) is 5.69 Å². The number of hydrogen-bond acceptors (Lipinski definition) is 5. The van der Waals surface area contributed by atoms with Gasteiger partial charge in [0.05, 0.1) is 11.5 Å². The van der Waals surface area contributed by atoms with Crippen LogP contribution in [0.25, 0.3) is 11.8 Å². The summed E-state index contributed by atoms with van der Waals surface area (Å²) in [5.41, 5.74) is 0.713. The fraction of sp³-hybridized carbons (Fsp3) is 0.200. The lowest BCUT2D eigenvalue weighted by molar-refractivity contribution is -0.384. The Morgan fingerprint density at radius 1 is 1.45 bits per heavy atom. The summed E-state index contributed by atoms with van der Waals surface area (Å²) < 4.78 is 6.46. The van der Waals surface area contributed by atoms with E-state index in [0.717, 1.165) is 0 Å². The largest absolute Gasteiger partial charge is 0.463 e. The third-order valence-corrected chi connectivity index (χ3v) is 2.95. The molecule has 114 valence electrons. The van der Waals surface area contributed by atoms with Crippen molar-refractivity contribution < 1.29 is 14.5 Å². The molecule has 1 aromatic carbocycles. The molecule has 0 fully saturated rings. The zero-order valence-electron chi connectivity index (χ0n) is 12.2. The number of nitro benzene ring substituents is 1. The van der Waals surface area contributed by atoms with E-state index in [1.165, 1.54) is 18.3 Å². The van der Waals surface area contributed by atoms with Crippen LogP contribution in [-0.4, -0.2) is 27.1 Å². The highest BCUT2D eigenvalue weighted by Gasteiger charge is 2.16. The summed E-state index contributed by atoms with van der Waals surface area (Å²) >= 11 is 0. The van der Waals surface area contributed by atoms with Crippen LogP contribution in [0.1, 0.15) is 19.7 Å². The lowest BCUT2D eigenvalue weighted by Gasteiger charge is -2.07. The number of nitro groups is 1. The summed E-state index contributed by atoms with van der Waals surface area (Å²) in [7, 11) is 0. The summed E-state index contributed by atoms with van der Waals surface area (Å²) in [4.78, 5) is 26.5. The van der Waals surface area contributed by atoms with Crippen LogP contribution in [0.3, 0.4) is 0 Å². The lowest BCUT2D eigenvalue weighted by atomic mass is 10.2. The van der Waals surface area contributed by atoms with Gasteiger partial charge in [0.1, 0.15) is 11.5 Å². The predicted molar refractivity (Wildman–Crippen MR) is 80.5 cm³/mol. The molecule has 0 amide bonds. The van der Waals surface area contributed by atoms with Crippen molar-refractivity contribution in [1.82, 2.24) is 9.55 Å². The van der Waals surface area contributed by atoms with Crippen molar-refractivity contribution in [1.29, 1.82) is 0 Å². The van der Waals surface area contributed by atoms with Crippen molar-refractivity contribution in [2.45, 2.75) is 13.8 Å². The highest BCUT2D eigenvalue weighted by atomic mass is 16.6. The second-order valence-corrected chi connectivity index (χ2v) is 4.45. The Balaban J connectivity index is 2.45. The van der Waals surface area contributed by atoms with Crippen LogP contribution in [-0.2, 0) is 9.53 Å². The molecule has 0 aliphatic heterocycles. The predicted octanol–water partition coefficient (Wildman–Crippen LogP) is 2.75. The minimum absolute atomic E-state index is 0.0380. The van der Waals surface area contributed by atoms with Crippen LogP contribution in [0, 0.1) is 10.1 Å². The highest BCUT2D eigenvalue weighted by Crippen LogP contribution is 2.24. The van der Waals surface area contributed by atoms with E-state index in [0.29, 0.717) is 17.1 Å². The summed E-state index contributed by atoms with van der Waals surface area (Å²) in [6.07, 6.45) is 4.66. The SMILES string of the molecule is CCOC(=O)/C(C)=C/c1nccn1-c1ccccc1[N+](=O)[O-]. The van der Waals surface area contributed by atoms with E-state index in [4.69, 9.17) is 4.74 Å². The standard InChI is InChI=1S/C15H15N3O4/c1-3-22-15(19)11(2)10-14-16-8-9-17(14)12-6-4-5-7-13(12)18(20)21/h4-10H,3H2,1-2H3/b11-10+. The summed E-state index contributed by atoms with van der Waals surface area (Å²) in [5, 5.41) is 11.1. The molecule has 0 aliphatic rings. The molecular formula is C15H15N3O4. The number of imidazole rings is 1. The molecule has 1 aromatic heterocycles. The monoisotopic (exact) mass is 301 g/mol. The van der Waals surface area contributed by atoms with Crippen LogP contribution in [0.15, 0.2) is 42.2 Å². The van der Waals surface area contributed by atoms with E-state index in [1.54, 1.807) is 42.8 Å². The molecule has 7 nitrogen and oxygen atoms in total. The zero-order chi connectivity index (χ0) is 16.1. The number of esters is 1. The molecule has 0 bridgehead atoms. The average Bonchev–Trinajstić information content (AvgIpc) is 2.95. The molecule has 0 saturated heterocycles. The number of ether oxygens (including phenoxy) is 1.